The topological polar surface area (TPSA) is 88.2 Å². The molecule has 0 radical (unpaired) electrons. The maximum Gasteiger partial charge on any atom is 0.320 e. The molecule has 0 unspecified atom stereocenters. The maximum absolute atomic E-state index is 12.1. The van der Waals surface area contributed by atoms with E-state index >= 15 is 0 Å². The van der Waals surface area contributed by atoms with Crippen LogP contribution in [0.3, 0.4) is 0 Å². The minimum atomic E-state index is -0.244. The van der Waals surface area contributed by atoms with Crippen LogP contribution in [0.1, 0.15) is 12.8 Å². The fourth-order valence-corrected chi connectivity index (χ4v) is 2.73. The van der Waals surface area contributed by atoms with Crippen molar-refractivity contribution >= 4 is 24.3 Å². The Morgan fingerprint density at radius 3 is 2.76 bits per heavy atom. The number of methoxy groups -OCH3 is 1. The zero-order valence-electron chi connectivity index (χ0n) is 14.0. The smallest absolute Gasteiger partial charge is 0.320 e. The number of anilines is 1. The number of carbonyl (C=O) groups is 1. The first-order chi connectivity index (χ1) is 11.8. The summed E-state index contributed by atoms with van der Waals surface area (Å²) < 4.78 is 5.36. The summed E-state index contributed by atoms with van der Waals surface area (Å²) in [7, 11) is 1.62. The molecule has 0 aliphatic carbocycles. The second-order valence-electron chi connectivity index (χ2n) is 5.61. The third-order valence-corrected chi connectivity index (χ3v) is 3.97. The Balaban J connectivity index is 0.00000225. The molecule has 2 aromatic rings. The number of hydrogen-bond donors (Lipinski definition) is 3. The van der Waals surface area contributed by atoms with Crippen molar-refractivity contribution < 1.29 is 9.53 Å². The summed E-state index contributed by atoms with van der Waals surface area (Å²) in [5, 5.41) is 9.02. The number of urea groups is 1. The number of carbonyl (C=O) groups excluding carboxylic acids is 1. The fourth-order valence-electron chi connectivity index (χ4n) is 2.73. The average Bonchev–Trinajstić information content (AvgIpc) is 2.62. The number of hydrogen-bond acceptors (Lipinski definition) is 5. The van der Waals surface area contributed by atoms with E-state index in [9.17, 15) is 4.79 Å². The van der Waals surface area contributed by atoms with Gasteiger partial charge in [-0.1, -0.05) is 12.1 Å². The standard InChI is InChI=1S/C17H21N5O2.ClH/c1-24-15-5-3-2-4-13(15)14-10-16(20-11-19-14)22-17(23)21-12-6-8-18-9-7-12;/h2-5,10-12,18H,6-9H2,1H3,(H2,19,20,21,22,23);1H. The van der Waals surface area contributed by atoms with Crippen LogP contribution >= 0.6 is 12.4 Å². The van der Waals surface area contributed by atoms with Crippen molar-refractivity contribution in [3.05, 3.63) is 36.7 Å². The van der Waals surface area contributed by atoms with Crippen molar-refractivity contribution in [2.45, 2.75) is 18.9 Å². The molecule has 3 rings (SSSR count). The van der Waals surface area contributed by atoms with Gasteiger partial charge in [-0.15, -0.1) is 12.4 Å². The molecule has 3 N–H and O–H groups in total. The average molecular weight is 364 g/mol. The summed E-state index contributed by atoms with van der Waals surface area (Å²) >= 11 is 0. The summed E-state index contributed by atoms with van der Waals surface area (Å²) in [6.45, 7) is 1.85. The van der Waals surface area contributed by atoms with Gasteiger partial charge in [-0.25, -0.2) is 14.8 Å². The Bertz CT molecular complexity index is 707. The molecule has 134 valence electrons. The molecule has 7 nitrogen and oxygen atoms in total. The molecule has 0 bridgehead atoms. The van der Waals surface area contributed by atoms with Gasteiger partial charge in [0.15, 0.2) is 0 Å². The number of nitrogens with zero attached hydrogens (tertiary/aromatic N) is 2. The summed E-state index contributed by atoms with van der Waals surface area (Å²) in [4.78, 5) is 20.5. The van der Waals surface area contributed by atoms with Crippen molar-refractivity contribution in [1.82, 2.24) is 20.6 Å². The molecule has 1 aliphatic heterocycles. The van der Waals surface area contributed by atoms with E-state index in [1.807, 2.05) is 24.3 Å². The lowest BCUT2D eigenvalue weighted by Crippen LogP contribution is -2.44. The van der Waals surface area contributed by atoms with Crippen molar-refractivity contribution in [2.75, 3.05) is 25.5 Å². The second-order valence-corrected chi connectivity index (χ2v) is 5.61. The molecule has 25 heavy (non-hydrogen) atoms. The van der Waals surface area contributed by atoms with Gasteiger partial charge in [0.1, 0.15) is 17.9 Å². The minimum Gasteiger partial charge on any atom is -0.496 e. The molecule has 0 spiro atoms. The van der Waals surface area contributed by atoms with Gasteiger partial charge in [0.25, 0.3) is 0 Å². The van der Waals surface area contributed by atoms with E-state index in [2.05, 4.69) is 25.9 Å². The molecule has 0 saturated carbocycles. The monoisotopic (exact) mass is 363 g/mol. The Morgan fingerprint density at radius 2 is 2.00 bits per heavy atom. The molecular weight excluding hydrogens is 342 g/mol. The minimum absolute atomic E-state index is 0. The number of ether oxygens (including phenoxy) is 1. The highest BCUT2D eigenvalue weighted by atomic mass is 35.5. The number of halogens is 1. The summed E-state index contributed by atoms with van der Waals surface area (Å²) in [5.41, 5.74) is 1.55. The largest absolute Gasteiger partial charge is 0.496 e. The van der Waals surface area contributed by atoms with Crippen molar-refractivity contribution in [1.29, 1.82) is 0 Å². The molecule has 1 aromatic carbocycles. The van der Waals surface area contributed by atoms with Crippen molar-refractivity contribution in [2.24, 2.45) is 0 Å². The van der Waals surface area contributed by atoms with Crippen LogP contribution in [0.15, 0.2) is 36.7 Å². The van der Waals surface area contributed by atoms with E-state index in [-0.39, 0.29) is 24.5 Å². The number of nitrogens with one attached hydrogen (secondary N) is 3. The quantitative estimate of drug-likeness (QED) is 0.776. The lowest BCUT2D eigenvalue weighted by atomic mass is 10.1. The van der Waals surface area contributed by atoms with Crippen LogP contribution in [0.5, 0.6) is 5.75 Å². The predicted octanol–water partition coefficient (Wildman–Crippen LogP) is 2.45. The van der Waals surface area contributed by atoms with Crippen molar-refractivity contribution in [3.8, 4) is 17.0 Å². The van der Waals surface area contributed by atoms with Gasteiger partial charge in [-0.2, -0.15) is 0 Å². The first-order valence-corrected chi connectivity index (χ1v) is 8.00. The SMILES string of the molecule is COc1ccccc1-c1cc(NC(=O)NC2CCNCC2)ncn1.Cl. The van der Waals surface area contributed by atoms with Gasteiger partial charge in [0, 0.05) is 17.7 Å². The zero-order chi connectivity index (χ0) is 16.8. The number of amides is 2. The predicted molar refractivity (Wildman–Crippen MR) is 99.3 cm³/mol. The highest BCUT2D eigenvalue weighted by Gasteiger charge is 2.16. The van der Waals surface area contributed by atoms with E-state index in [0.29, 0.717) is 11.5 Å². The van der Waals surface area contributed by atoms with Crippen LogP contribution in [0, 0.1) is 0 Å². The third-order valence-electron chi connectivity index (χ3n) is 3.97. The number of benzene rings is 1. The highest BCUT2D eigenvalue weighted by molar-refractivity contribution is 5.89. The first kappa shape index (κ1) is 19.0. The van der Waals surface area contributed by atoms with Crippen LogP contribution in [-0.2, 0) is 0 Å². The Labute approximate surface area is 153 Å². The fraction of sp³-hybridized carbons (Fsp3) is 0.353. The Kier molecular flexibility index (Phi) is 6.97. The Morgan fingerprint density at radius 1 is 1.24 bits per heavy atom. The number of aromatic nitrogens is 2. The van der Waals surface area contributed by atoms with Gasteiger partial charge in [-0.05, 0) is 38.1 Å². The van der Waals surface area contributed by atoms with E-state index in [1.54, 1.807) is 13.2 Å². The molecule has 1 aromatic heterocycles. The number of piperidine rings is 1. The molecule has 8 heteroatoms. The van der Waals surface area contributed by atoms with Gasteiger partial charge < -0.3 is 15.4 Å². The second kappa shape index (κ2) is 9.19. The van der Waals surface area contributed by atoms with Gasteiger partial charge >= 0.3 is 6.03 Å². The number of rotatable bonds is 4. The van der Waals surface area contributed by atoms with Crippen LogP contribution in [-0.4, -0.2) is 42.2 Å². The van der Waals surface area contributed by atoms with E-state index < -0.39 is 0 Å². The van der Waals surface area contributed by atoms with E-state index in [4.69, 9.17) is 4.74 Å². The summed E-state index contributed by atoms with van der Waals surface area (Å²) in [6.07, 6.45) is 3.30. The molecular formula is C17H22ClN5O2. The molecule has 2 amide bonds. The van der Waals surface area contributed by atoms with Gasteiger partial charge in [0.2, 0.25) is 0 Å². The normalized spacial score (nSPS) is 14.3. The Hall–Kier alpha value is -2.38. The molecule has 1 aliphatic rings. The third kappa shape index (κ3) is 5.04. The van der Waals surface area contributed by atoms with Crippen LogP contribution in [0.2, 0.25) is 0 Å². The summed E-state index contributed by atoms with van der Waals surface area (Å²) in [6, 6.07) is 9.29. The van der Waals surface area contributed by atoms with Crippen molar-refractivity contribution in [3.63, 3.8) is 0 Å². The lowest BCUT2D eigenvalue weighted by molar-refractivity contribution is 0.245. The molecule has 1 saturated heterocycles. The van der Waals surface area contributed by atoms with Gasteiger partial charge in [0.05, 0.1) is 12.8 Å². The molecule has 2 heterocycles. The number of para-hydroxylation sites is 1. The van der Waals surface area contributed by atoms with E-state index in [0.717, 1.165) is 37.2 Å². The van der Waals surface area contributed by atoms with Gasteiger partial charge in [-0.3, -0.25) is 5.32 Å². The van der Waals surface area contributed by atoms with E-state index in [1.165, 1.54) is 6.33 Å². The van der Waals surface area contributed by atoms with Crippen LogP contribution in [0.25, 0.3) is 11.3 Å². The lowest BCUT2D eigenvalue weighted by Gasteiger charge is -2.23. The molecule has 0 atom stereocenters. The molecule has 1 fully saturated rings. The maximum atomic E-state index is 12.1. The first-order valence-electron chi connectivity index (χ1n) is 8.00. The summed E-state index contributed by atoms with van der Waals surface area (Å²) in [5.74, 6) is 1.18. The highest BCUT2D eigenvalue weighted by Crippen LogP contribution is 2.28. The van der Waals surface area contributed by atoms with Crippen LogP contribution in [0.4, 0.5) is 10.6 Å². The zero-order valence-corrected chi connectivity index (χ0v) is 14.8. The van der Waals surface area contributed by atoms with Crippen LogP contribution < -0.4 is 20.7 Å².